The van der Waals surface area contributed by atoms with Crippen LogP contribution >= 0.6 is 11.6 Å². The number of hydrogen-bond donors (Lipinski definition) is 0. The molecule has 0 aromatic heterocycles. The Labute approximate surface area is 195 Å². The Morgan fingerprint density at radius 2 is 1.81 bits per heavy atom. The van der Waals surface area contributed by atoms with Crippen LogP contribution in [0.3, 0.4) is 0 Å². The van der Waals surface area contributed by atoms with Gasteiger partial charge in [-0.05, 0) is 102 Å². The molecule has 2 nitrogen and oxygen atoms in total. The molecule has 2 aliphatic rings. The SMILES string of the molecule is C=C(C)/C(CN1CCc2ccc(CCCN3CCCC3)c(Cl)c2C1=C)=C(/C)C=C(C)C. The van der Waals surface area contributed by atoms with Crippen molar-refractivity contribution < 1.29 is 0 Å². The molecule has 0 saturated carbocycles. The van der Waals surface area contributed by atoms with E-state index in [0.717, 1.165) is 47.8 Å². The molecule has 0 spiro atoms. The Hall–Kier alpha value is -1.77. The van der Waals surface area contributed by atoms with Gasteiger partial charge in [0, 0.05) is 24.4 Å². The van der Waals surface area contributed by atoms with Crippen LogP contribution in [-0.2, 0) is 12.8 Å². The molecule has 0 amide bonds. The summed E-state index contributed by atoms with van der Waals surface area (Å²) in [6.07, 6.45) is 8.15. The molecular formula is C28H39ClN2. The van der Waals surface area contributed by atoms with Crippen molar-refractivity contribution in [2.24, 2.45) is 0 Å². The highest BCUT2D eigenvalue weighted by Gasteiger charge is 2.24. The Balaban J connectivity index is 1.77. The molecule has 3 heteroatoms. The predicted octanol–water partition coefficient (Wildman–Crippen LogP) is 7.06. The number of hydrogen-bond acceptors (Lipinski definition) is 2. The van der Waals surface area contributed by atoms with E-state index in [9.17, 15) is 0 Å². The quantitative estimate of drug-likeness (QED) is 0.401. The summed E-state index contributed by atoms with van der Waals surface area (Å²) in [6, 6.07) is 4.52. The fourth-order valence-corrected chi connectivity index (χ4v) is 5.29. The highest BCUT2D eigenvalue weighted by atomic mass is 35.5. The first-order chi connectivity index (χ1) is 14.8. The van der Waals surface area contributed by atoms with Crippen molar-refractivity contribution in [3.63, 3.8) is 0 Å². The van der Waals surface area contributed by atoms with Gasteiger partial charge in [0.05, 0.1) is 5.02 Å². The van der Waals surface area contributed by atoms with Crippen LogP contribution in [0.4, 0.5) is 0 Å². The number of likely N-dealkylation sites (tertiary alicyclic amines) is 1. The molecule has 0 bridgehead atoms. The highest BCUT2D eigenvalue weighted by molar-refractivity contribution is 6.33. The van der Waals surface area contributed by atoms with Crippen LogP contribution in [0.15, 0.2) is 53.7 Å². The van der Waals surface area contributed by atoms with Gasteiger partial charge in [0.2, 0.25) is 0 Å². The molecule has 168 valence electrons. The second-order valence-corrected chi connectivity index (χ2v) is 9.88. The first-order valence-electron chi connectivity index (χ1n) is 11.7. The summed E-state index contributed by atoms with van der Waals surface area (Å²) < 4.78 is 0. The van der Waals surface area contributed by atoms with Gasteiger partial charge in [-0.1, -0.05) is 54.1 Å². The summed E-state index contributed by atoms with van der Waals surface area (Å²) in [6.45, 7) is 22.8. The van der Waals surface area contributed by atoms with E-state index in [1.807, 2.05) is 0 Å². The third kappa shape index (κ3) is 5.93. The van der Waals surface area contributed by atoms with Crippen LogP contribution in [0.1, 0.15) is 63.6 Å². The number of halogens is 1. The average Bonchev–Trinajstić information content (AvgIpc) is 3.21. The van der Waals surface area contributed by atoms with Crippen molar-refractivity contribution in [2.45, 2.75) is 59.8 Å². The summed E-state index contributed by atoms with van der Waals surface area (Å²) in [7, 11) is 0. The number of allylic oxidation sites excluding steroid dienone is 3. The van der Waals surface area contributed by atoms with Crippen molar-refractivity contribution >= 4 is 17.3 Å². The van der Waals surface area contributed by atoms with Gasteiger partial charge in [-0.15, -0.1) is 0 Å². The first kappa shape index (κ1) is 23.9. The molecule has 0 atom stereocenters. The zero-order valence-electron chi connectivity index (χ0n) is 20.0. The van der Waals surface area contributed by atoms with E-state index in [1.165, 1.54) is 66.7 Å². The minimum Gasteiger partial charge on any atom is -0.367 e. The van der Waals surface area contributed by atoms with Crippen LogP contribution < -0.4 is 0 Å². The van der Waals surface area contributed by atoms with Gasteiger partial charge in [-0.3, -0.25) is 0 Å². The fraction of sp³-hybridized carbons (Fsp3) is 0.500. The minimum absolute atomic E-state index is 0.832. The lowest BCUT2D eigenvalue weighted by molar-refractivity contribution is 0.334. The average molecular weight is 439 g/mol. The maximum atomic E-state index is 6.97. The number of fused-ring (bicyclic) bond motifs is 1. The maximum Gasteiger partial charge on any atom is 0.0533 e. The molecule has 31 heavy (non-hydrogen) atoms. The van der Waals surface area contributed by atoms with Gasteiger partial charge in [0.15, 0.2) is 0 Å². The standard InChI is InChI=1S/C28H39ClN2/c1-20(2)18-22(5)26(21(3)4)19-31-17-13-24-11-12-25(28(29)27(24)23(31)6)10-9-16-30-14-7-8-15-30/h11-12,18H,3,6-10,13-17,19H2,1-2,4-5H3/b26-22-. The minimum atomic E-state index is 0.832. The van der Waals surface area contributed by atoms with Crippen LogP contribution in [0.25, 0.3) is 5.70 Å². The number of aryl methyl sites for hydroxylation is 1. The monoisotopic (exact) mass is 438 g/mol. The molecule has 0 unspecified atom stereocenters. The van der Waals surface area contributed by atoms with Crippen molar-refractivity contribution in [1.29, 1.82) is 0 Å². The third-order valence-electron chi connectivity index (χ3n) is 6.59. The third-order valence-corrected chi connectivity index (χ3v) is 7.03. The Morgan fingerprint density at radius 1 is 1.10 bits per heavy atom. The van der Waals surface area contributed by atoms with Crippen molar-refractivity contribution in [3.8, 4) is 0 Å². The topological polar surface area (TPSA) is 6.48 Å². The lowest BCUT2D eigenvalue weighted by Crippen LogP contribution is -2.31. The van der Waals surface area contributed by atoms with E-state index in [0.29, 0.717) is 0 Å². The lowest BCUT2D eigenvalue weighted by Gasteiger charge is -2.35. The number of benzene rings is 1. The molecule has 1 aromatic carbocycles. The van der Waals surface area contributed by atoms with E-state index in [2.05, 4.69) is 68.9 Å². The molecule has 0 aliphatic carbocycles. The first-order valence-corrected chi connectivity index (χ1v) is 12.1. The molecule has 0 N–H and O–H groups in total. The Bertz CT molecular complexity index is 896. The molecule has 2 aliphatic heterocycles. The van der Waals surface area contributed by atoms with Crippen molar-refractivity contribution in [1.82, 2.24) is 9.80 Å². The normalized spacial score (nSPS) is 17.5. The van der Waals surface area contributed by atoms with Gasteiger partial charge < -0.3 is 9.80 Å². The van der Waals surface area contributed by atoms with Crippen LogP contribution in [-0.4, -0.2) is 42.5 Å². The van der Waals surface area contributed by atoms with E-state index >= 15 is 0 Å². The van der Waals surface area contributed by atoms with Gasteiger partial charge in [-0.2, -0.15) is 0 Å². The molecule has 0 radical (unpaired) electrons. The zero-order chi connectivity index (χ0) is 22.5. The molecular weight excluding hydrogens is 400 g/mol. The van der Waals surface area contributed by atoms with E-state index < -0.39 is 0 Å². The van der Waals surface area contributed by atoms with Crippen LogP contribution in [0.5, 0.6) is 0 Å². The summed E-state index contributed by atoms with van der Waals surface area (Å²) in [4.78, 5) is 4.96. The molecule has 1 aromatic rings. The Morgan fingerprint density at radius 3 is 2.45 bits per heavy atom. The Kier molecular flexibility index (Phi) is 8.24. The van der Waals surface area contributed by atoms with E-state index in [1.54, 1.807) is 0 Å². The van der Waals surface area contributed by atoms with Gasteiger partial charge >= 0.3 is 0 Å². The zero-order valence-corrected chi connectivity index (χ0v) is 20.7. The summed E-state index contributed by atoms with van der Waals surface area (Å²) in [5, 5.41) is 0.912. The summed E-state index contributed by atoms with van der Waals surface area (Å²) >= 11 is 6.97. The van der Waals surface area contributed by atoms with Gasteiger partial charge in [0.25, 0.3) is 0 Å². The van der Waals surface area contributed by atoms with Crippen molar-refractivity contribution in [2.75, 3.05) is 32.7 Å². The summed E-state index contributed by atoms with van der Waals surface area (Å²) in [5.74, 6) is 0. The molecule has 1 saturated heterocycles. The van der Waals surface area contributed by atoms with Gasteiger partial charge in [0.1, 0.15) is 0 Å². The van der Waals surface area contributed by atoms with Crippen LogP contribution in [0.2, 0.25) is 5.02 Å². The van der Waals surface area contributed by atoms with E-state index in [4.69, 9.17) is 11.6 Å². The summed E-state index contributed by atoms with van der Waals surface area (Å²) in [5.41, 5.74) is 9.81. The second kappa shape index (κ2) is 10.7. The number of rotatable bonds is 8. The fourth-order valence-electron chi connectivity index (χ4n) is 4.90. The predicted molar refractivity (Wildman–Crippen MR) is 137 cm³/mol. The molecule has 1 fully saturated rings. The number of nitrogens with zero attached hydrogens (tertiary/aromatic N) is 2. The highest BCUT2D eigenvalue weighted by Crippen LogP contribution is 2.37. The van der Waals surface area contributed by atoms with Crippen molar-refractivity contribution in [3.05, 3.63) is 75.4 Å². The lowest BCUT2D eigenvalue weighted by atomic mass is 9.92. The molecule has 3 rings (SSSR count). The largest absolute Gasteiger partial charge is 0.367 e. The smallest absolute Gasteiger partial charge is 0.0533 e. The van der Waals surface area contributed by atoms with E-state index in [-0.39, 0.29) is 0 Å². The molecule has 2 heterocycles. The van der Waals surface area contributed by atoms with Crippen LogP contribution in [0, 0.1) is 0 Å². The second-order valence-electron chi connectivity index (χ2n) is 9.51. The van der Waals surface area contributed by atoms with Gasteiger partial charge in [-0.25, -0.2) is 0 Å². The maximum absolute atomic E-state index is 6.97.